The Balaban J connectivity index is 2.19. The van der Waals surface area contributed by atoms with E-state index in [0.29, 0.717) is 6.54 Å². The maximum atomic E-state index is 14.2. The summed E-state index contributed by atoms with van der Waals surface area (Å²) in [4.78, 5) is 2.10. The molecular weight excluding hydrogens is 255 g/mol. The summed E-state index contributed by atoms with van der Waals surface area (Å²) in [5.41, 5.74) is 1.75. The molecule has 1 unspecified atom stereocenters. The summed E-state index contributed by atoms with van der Waals surface area (Å²) in [5, 5.41) is 3.43. The van der Waals surface area contributed by atoms with Crippen molar-refractivity contribution in [2.45, 2.75) is 45.4 Å². The number of nitrogens with zero attached hydrogens (tertiary/aromatic N) is 1. The highest BCUT2D eigenvalue weighted by Crippen LogP contribution is 2.29. The Bertz CT molecular complexity index is 456. The van der Waals surface area contributed by atoms with Crippen molar-refractivity contribution in [2.75, 3.05) is 25.1 Å². The Morgan fingerprint density at radius 2 is 2.15 bits per heavy atom. The molecular formula is C16H25FN2O. The Morgan fingerprint density at radius 1 is 1.40 bits per heavy atom. The van der Waals surface area contributed by atoms with Gasteiger partial charge in [0.15, 0.2) is 0 Å². The largest absolute Gasteiger partial charge is 0.380 e. The average molecular weight is 280 g/mol. The normalized spacial score (nSPS) is 19.6. The Morgan fingerprint density at radius 3 is 2.75 bits per heavy atom. The maximum Gasteiger partial charge on any atom is 0.146 e. The third kappa shape index (κ3) is 3.70. The lowest BCUT2D eigenvalue weighted by Gasteiger charge is -2.25. The van der Waals surface area contributed by atoms with Gasteiger partial charge in [-0.1, -0.05) is 12.1 Å². The topological polar surface area (TPSA) is 24.5 Å². The molecule has 1 N–H and O–H groups in total. The Hall–Kier alpha value is -1.13. The van der Waals surface area contributed by atoms with E-state index in [2.05, 4.69) is 31.0 Å². The van der Waals surface area contributed by atoms with E-state index in [4.69, 9.17) is 4.74 Å². The van der Waals surface area contributed by atoms with E-state index >= 15 is 0 Å². The minimum atomic E-state index is -0.144. The van der Waals surface area contributed by atoms with Crippen LogP contribution in [-0.4, -0.2) is 31.8 Å². The van der Waals surface area contributed by atoms with Gasteiger partial charge in [0, 0.05) is 32.3 Å². The minimum absolute atomic E-state index is 0.0175. The summed E-state index contributed by atoms with van der Waals surface area (Å²) in [5.74, 6) is -0.144. The van der Waals surface area contributed by atoms with Gasteiger partial charge >= 0.3 is 0 Å². The van der Waals surface area contributed by atoms with Crippen LogP contribution in [0.1, 0.15) is 32.8 Å². The first kappa shape index (κ1) is 15.3. The molecule has 2 rings (SSSR count). The van der Waals surface area contributed by atoms with Crippen LogP contribution >= 0.6 is 0 Å². The van der Waals surface area contributed by atoms with Crippen LogP contribution < -0.4 is 10.2 Å². The second-order valence-corrected chi connectivity index (χ2v) is 6.44. The lowest BCUT2D eigenvalue weighted by atomic mass is 10.1. The lowest BCUT2D eigenvalue weighted by molar-refractivity contribution is 0.121. The Kier molecular flexibility index (Phi) is 4.66. The van der Waals surface area contributed by atoms with Crippen molar-refractivity contribution in [1.82, 2.24) is 5.32 Å². The van der Waals surface area contributed by atoms with Gasteiger partial charge in [-0.2, -0.15) is 0 Å². The van der Waals surface area contributed by atoms with Crippen LogP contribution in [0.5, 0.6) is 0 Å². The predicted octanol–water partition coefficient (Wildman–Crippen LogP) is 2.94. The summed E-state index contributed by atoms with van der Waals surface area (Å²) in [6, 6.07) is 5.32. The molecule has 4 heteroatoms. The standard InChI is InChI=1S/C16H25FN2O/c1-16(2,3)18-10-12-6-5-7-14(17)15(12)19-9-8-13(11-19)20-4/h5-7,13,18H,8-11H2,1-4H3. The molecule has 0 spiro atoms. The Labute approximate surface area is 121 Å². The van der Waals surface area contributed by atoms with E-state index < -0.39 is 0 Å². The summed E-state index contributed by atoms with van der Waals surface area (Å²) in [6.45, 7) is 8.63. The number of hydrogen-bond acceptors (Lipinski definition) is 3. The number of methoxy groups -OCH3 is 1. The van der Waals surface area contributed by atoms with Crippen LogP contribution in [0.3, 0.4) is 0 Å². The fourth-order valence-electron chi connectivity index (χ4n) is 2.54. The summed E-state index contributed by atoms with van der Waals surface area (Å²) in [6.07, 6.45) is 1.16. The zero-order valence-corrected chi connectivity index (χ0v) is 12.9. The SMILES string of the molecule is COC1CCN(c2c(F)cccc2CNC(C)(C)C)C1. The van der Waals surface area contributed by atoms with Crippen molar-refractivity contribution in [3.63, 3.8) is 0 Å². The summed E-state index contributed by atoms with van der Waals surface area (Å²) >= 11 is 0. The molecule has 0 saturated carbocycles. The number of halogens is 1. The third-order valence-corrected chi connectivity index (χ3v) is 3.67. The van der Waals surface area contributed by atoms with Crippen LogP contribution in [-0.2, 0) is 11.3 Å². The van der Waals surface area contributed by atoms with E-state index in [9.17, 15) is 4.39 Å². The van der Waals surface area contributed by atoms with Gasteiger partial charge < -0.3 is 15.0 Å². The van der Waals surface area contributed by atoms with E-state index in [-0.39, 0.29) is 17.5 Å². The van der Waals surface area contributed by atoms with Crippen molar-refractivity contribution in [2.24, 2.45) is 0 Å². The average Bonchev–Trinajstić information content (AvgIpc) is 2.84. The fraction of sp³-hybridized carbons (Fsp3) is 0.625. The van der Waals surface area contributed by atoms with Gasteiger partial charge in [-0.05, 0) is 38.8 Å². The molecule has 0 aliphatic carbocycles. The number of nitrogens with one attached hydrogen (secondary N) is 1. The van der Waals surface area contributed by atoms with Crippen molar-refractivity contribution < 1.29 is 9.13 Å². The van der Waals surface area contributed by atoms with Crippen molar-refractivity contribution in [3.8, 4) is 0 Å². The number of ether oxygens (including phenoxy) is 1. The zero-order chi connectivity index (χ0) is 14.8. The van der Waals surface area contributed by atoms with E-state index in [1.807, 2.05) is 6.07 Å². The van der Waals surface area contributed by atoms with E-state index in [0.717, 1.165) is 30.8 Å². The lowest BCUT2D eigenvalue weighted by Crippen LogP contribution is -2.36. The van der Waals surface area contributed by atoms with Gasteiger partial charge in [-0.3, -0.25) is 0 Å². The van der Waals surface area contributed by atoms with Crippen LogP contribution in [0.15, 0.2) is 18.2 Å². The smallest absolute Gasteiger partial charge is 0.146 e. The zero-order valence-electron chi connectivity index (χ0n) is 12.9. The molecule has 1 aliphatic heterocycles. The molecule has 3 nitrogen and oxygen atoms in total. The van der Waals surface area contributed by atoms with Gasteiger partial charge in [-0.25, -0.2) is 4.39 Å². The second kappa shape index (κ2) is 6.10. The van der Waals surface area contributed by atoms with Crippen LogP contribution in [0.25, 0.3) is 0 Å². The molecule has 1 saturated heterocycles. The van der Waals surface area contributed by atoms with Crippen LogP contribution in [0.2, 0.25) is 0 Å². The fourth-order valence-corrected chi connectivity index (χ4v) is 2.54. The number of anilines is 1. The highest BCUT2D eigenvalue weighted by Gasteiger charge is 2.26. The first-order valence-electron chi connectivity index (χ1n) is 7.21. The monoisotopic (exact) mass is 280 g/mol. The van der Waals surface area contributed by atoms with Crippen molar-refractivity contribution >= 4 is 5.69 Å². The van der Waals surface area contributed by atoms with Crippen LogP contribution in [0.4, 0.5) is 10.1 Å². The molecule has 1 aromatic carbocycles. The molecule has 0 radical (unpaired) electrons. The van der Waals surface area contributed by atoms with Gasteiger partial charge in [0.25, 0.3) is 0 Å². The van der Waals surface area contributed by atoms with E-state index in [1.54, 1.807) is 13.2 Å². The highest BCUT2D eigenvalue weighted by atomic mass is 19.1. The number of rotatable bonds is 4. The molecule has 0 aromatic heterocycles. The molecule has 1 aliphatic rings. The molecule has 1 fully saturated rings. The van der Waals surface area contributed by atoms with Crippen molar-refractivity contribution in [1.29, 1.82) is 0 Å². The first-order valence-corrected chi connectivity index (χ1v) is 7.21. The molecule has 1 atom stereocenters. The number of para-hydroxylation sites is 1. The molecule has 112 valence electrons. The van der Waals surface area contributed by atoms with E-state index in [1.165, 1.54) is 6.07 Å². The second-order valence-electron chi connectivity index (χ2n) is 6.44. The predicted molar refractivity (Wildman–Crippen MR) is 80.6 cm³/mol. The van der Waals surface area contributed by atoms with Gasteiger partial charge in [0.2, 0.25) is 0 Å². The molecule has 20 heavy (non-hydrogen) atoms. The third-order valence-electron chi connectivity index (χ3n) is 3.67. The number of benzene rings is 1. The van der Waals surface area contributed by atoms with Gasteiger partial charge in [-0.15, -0.1) is 0 Å². The van der Waals surface area contributed by atoms with Gasteiger partial charge in [0.05, 0.1) is 11.8 Å². The molecule has 0 amide bonds. The minimum Gasteiger partial charge on any atom is -0.380 e. The summed E-state index contributed by atoms with van der Waals surface area (Å²) < 4.78 is 19.6. The van der Waals surface area contributed by atoms with Gasteiger partial charge in [0.1, 0.15) is 5.82 Å². The molecule has 1 heterocycles. The van der Waals surface area contributed by atoms with Crippen LogP contribution in [0, 0.1) is 5.82 Å². The van der Waals surface area contributed by atoms with Crippen molar-refractivity contribution in [3.05, 3.63) is 29.6 Å². The summed E-state index contributed by atoms with van der Waals surface area (Å²) in [7, 11) is 1.72. The molecule has 0 bridgehead atoms. The number of hydrogen-bond donors (Lipinski definition) is 1. The maximum absolute atomic E-state index is 14.2. The first-order chi connectivity index (χ1) is 9.40. The highest BCUT2D eigenvalue weighted by molar-refractivity contribution is 5.55. The quantitative estimate of drug-likeness (QED) is 0.917. The molecule has 1 aromatic rings.